The molecule has 1 fully saturated rings. The lowest BCUT2D eigenvalue weighted by molar-refractivity contribution is -0.126. The monoisotopic (exact) mass is 200 g/mol. The van der Waals surface area contributed by atoms with Crippen LogP contribution in [0.5, 0.6) is 0 Å². The fraction of sp³-hybridized carbons (Fsp3) is 0.900. The molecule has 1 unspecified atom stereocenters. The van der Waals surface area contributed by atoms with E-state index in [-0.39, 0.29) is 24.6 Å². The molecular weight excluding hydrogens is 180 g/mol. The molecule has 82 valence electrons. The number of likely N-dealkylation sites (tertiary alicyclic amines) is 1. The van der Waals surface area contributed by atoms with Crippen molar-refractivity contribution >= 4 is 5.91 Å². The van der Waals surface area contributed by atoms with Crippen LogP contribution in [0.25, 0.3) is 0 Å². The summed E-state index contributed by atoms with van der Waals surface area (Å²) in [5.74, 6) is 0.0628. The third-order valence-electron chi connectivity index (χ3n) is 2.86. The molecule has 2 atom stereocenters. The summed E-state index contributed by atoms with van der Waals surface area (Å²) in [7, 11) is 0. The van der Waals surface area contributed by atoms with E-state index in [1.807, 2.05) is 13.8 Å². The molecule has 0 aromatic rings. The molecule has 0 aromatic carbocycles. The number of nitrogens with one attached hydrogen (secondary N) is 1. The first-order chi connectivity index (χ1) is 6.70. The van der Waals surface area contributed by atoms with Crippen molar-refractivity contribution in [1.29, 1.82) is 0 Å². The Kier molecular flexibility index (Phi) is 4.35. The number of nitrogens with zero attached hydrogens (tertiary/aromatic N) is 1. The van der Waals surface area contributed by atoms with Gasteiger partial charge in [0.1, 0.15) is 0 Å². The number of rotatable bonds is 4. The standard InChI is InChI=1S/C10H20N2O2/c1-3-11-10(14)8(2)12-6-4-5-9(12)7-13/h8-9,13H,3-7H2,1-2H3,(H,11,14)/t8?,9-/m1/s1. The van der Waals surface area contributed by atoms with Crippen molar-refractivity contribution in [1.82, 2.24) is 10.2 Å². The lowest BCUT2D eigenvalue weighted by atomic mass is 10.2. The third kappa shape index (κ3) is 2.45. The molecule has 1 aliphatic heterocycles. The molecule has 0 radical (unpaired) electrons. The van der Waals surface area contributed by atoms with Crippen LogP contribution in [0.3, 0.4) is 0 Å². The molecule has 0 saturated carbocycles. The number of aliphatic hydroxyl groups is 1. The molecule has 0 spiro atoms. The maximum atomic E-state index is 11.6. The molecular formula is C10H20N2O2. The molecule has 2 N–H and O–H groups in total. The Hall–Kier alpha value is -0.610. The van der Waals surface area contributed by atoms with E-state index in [0.717, 1.165) is 19.4 Å². The second kappa shape index (κ2) is 5.32. The lowest BCUT2D eigenvalue weighted by Crippen LogP contribution is -2.48. The van der Waals surface area contributed by atoms with Gasteiger partial charge < -0.3 is 10.4 Å². The Morgan fingerprint density at radius 3 is 3.00 bits per heavy atom. The fourth-order valence-corrected chi connectivity index (χ4v) is 2.04. The van der Waals surface area contributed by atoms with Crippen molar-refractivity contribution < 1.29 is 9.90 Å². The van der Waals surface area contributed by atoms with Gasteiger partial charge in [0.2, 0.25) is 5.91 Å². The van der Waals surface area contributed by atoms with Gasteiger partial charge in [0.25, 0.3) is 0 Å². The predicted molar refractivity (Wildman–Crippen MR) is 55.0 cm³/mol. The molecule has 4 nitrogen and oxygen atoms in total. The van der Waals surface area contributed by atoms with Crippen LogP contribution in [0.4, 0.5) is 0 Å². The molecule has 1 aliphatic rings. The highest BCUT2D eigenvalue weighted by atomic mass is 16.3. The summed E-state index contributed by atoms with van der Waals surface area (Å²) in [6.45, 7) is 5.56. The van der Waals surface area contributed by atoms with Gasteiger partial charge >= 0.3 is 0 Å². The van der Waals surface area contributed by atoms with Crippen LogP contribution in [0, 0.1) is 0 Å². The number of carbonyl (C=O) groups excluding carboxylic acids is 1. The summed E-state index contributed by atoms with van der Waals surface area (Å²) in [6.07, 6.45) is 2.08. The number of likely N-dealkylation sites (N-methyl/N-ethyl adjacent to an activating group) is 1. The Bertz CT molecular complexity index is 197. The van der Waals surface area contributed by atoms with Gasteiger partial charge in [-0.05, 0) is 33.2 Å². The summed E-state index contributed by atoms with van der Waals surface area (Å²) in [6, 6.07) is 0.0576. The molecule has 1 heterocycles. The Morgan fingerprint density at radius 1 is 1.71 bits per heavy atom. The summed E-state index contributed by atoms with van der Waals surface area (Å²) in [5.41, 5.74) is 0. The SMILES string of the molecule is CCNC(=O)C(C)N1CCC[C@@H]1CO. The minimum Gasteiger partial charge on any atom is -0.395 e. The highest BCUT2D eigenvalue weighted by molar-refractivity contribution is 5.81. The number of aliphatic hydroxyl groups excluding tert-OH is 1. The summed E-state index contributed by atoms with van der Waals surface area (Å²) < 4.78 is 0. The van der Waals surface area contributed by atoms with Crippen LogP contribution in [-0.4, -0.2) is 47.7 Å². The van der Waals surface area contributed by atoms with E-state index < -0.39 is 0 Å². The normalized spacial score (nSPS) is 24.9. The second-order valence-corrected chi connectivity index (χ2v) is 3.79. The Balaban J connectivity index is 2.50. The van der Waals surface area contributed by atoms with Crippen LogP contribution in [0.15, 0.2) is 0 Å². The van der Waals surface area contributed by atoms with Gasteiger partial charge in [-0.25, -0.2) is 0 Å². The van der Waals surface area contributed by atoms with Gasteiger partial charge in [-0.3, -0.25) is 9.69 Å². The van der Waals surface area contributed by atoms with Crippen molar-refractivity contribution in [2.24, 2.45) is 0 Å². The Labute approximate surface area is 85.3 Å². The molecule has 0 bridgehead atoms. The largest absolute Gasteiger partial charge is 0.395 e. The minimum absolute atomic E-state index is 0.0628. The van der Waals surface area contributed by atoms with Gasteiger partial charge in [-0.1, -0.05) is 0 Å². The smallest absolute Gasteiger partial charge is 0.237 e. The zero-order valence-corrected chi connectivity index (χ0v) is 8.99. The zero-order chi connectivity index (χ0) is 10.6. The molecule has 1 saturated heterocycles. The van der Waals surface area contributed by atoms with Crippen LogP contribution < -0.4 is 5.32 Å². The van der Waals surface area contributed by atoms with E-state index in [0.29, 0.717) is 6.54 Å². The van der Waals surface area contributed by atoms with E-state index in [2.05, 4.69) is 10.2 Å². The molecule has 4 heteroatoms. The Morgan fingerprint density at radius 2 is 2.43 bits per heavy atom. The number of hydrogen-bond donors (Lipinski definition) is 2. The van der Waals surface area contributed by atoms with E-state index in [9.17, 15) is 4.79 Å². The highest BCUT2D eigenvalue weighted by Crippen LogP contribution is 2.19. The number of amides is 1. The first-order valence-electron chi connectivity index (χ1n) is 5.35. The van der Waals surface area contributed by atoms with Crippen LogP contribution in [-0.2, 0) is 4.79 Å². The van der Waals surface area contributed by atoms with Gasteiger partial charge in [0, 0.05) is 12.6 Å². The second-order valence-electron chi connectivity index (χ2n) is 3.79. The average molecular weight is 200 g/mol. The van der Waals surface area contributed by atoms with Crippen molar-refractivity contribution in [2.75, 3.05) is 19.7 Å². The van der Waals surface area contributed by atoms with Crippen molar-refractivity contribution in [2.45, 2.75) is 38.8 Å². The maximum Gasteiger partial charge on any atom is 0.237 e. The van der Waals surface area contributed by atoms with E-state index in [4.69, 9.17) is 5.11 Å². The van der Waals surface area contributed by atoms with Crippen LogP contribution in [0.1, 0.15) is 26.7 Å². The molecule has 0 aromatic heterocycles. The first kappa shape index (κ1) is 11.5. The van der Waals surface area contributed by atoms with E-state index in [1.54, 1.807) is 0 Å². The summed E-state index contributed by atoms with van der Waals surface area (Å²) in [5, 5.41) is 11.9. The summed E-state index contributed by atoms with van der Waals surface area (Å²) >= 11 is 0. The van der Waals surface area contributed by atoms with Crippen molar-refractivity contribution in [3.63, 3.8) is 0 Å². The maximum absolute atomic E-state index is 11.6. The van der Waals surface area contributed by atoms with Crippen LogP contribution in [0.2, 0.25) is 0 Å². The predicted octanol–water partition coefficient (Wildman–Crippen LogP) is -0.0323. The lowest BCUT2D eigenvalue weighted by Gasteiger charge is -2.28. The van der Waals surface area contributed by atoms with Crippen LogP contribution >= 0.6 is 0 Å². The highest BCUT2D eigenvalue weighted by Gasteiger charge is 2.30. The topological polar surface area (TPSA) is 52.6 Å². The fourth-order valence-electron chi connectivity index (χ4n) is 2.04. The number of carbonyl (C=O) groups is 1. The first-order valence-corrected chi connectivity index (χ1v) is 5.35. The number of hydrogen-bond acceptors (Lipinski definition) is 3. The molecule has 1 amide bonds. The zero-order valence-electron chi connectivity index (χ0n) is 8.99. The summed E-state index contributed by atoms with van der Waals surface area (Å²) in [4.78, 5) is 13.6. The van der Waals surface area contributed by atoms with Crippen molar-refractivity contribution in [3.05, 3.63) is 0 Å². The quantitative estimate of drug-likeness (QED) is 0.670. The van der Waals surface area contributed by atoms with Gasteiger partial charge in [-0.2, -0.15) is 0 Å². The minimum atomic E-state index is -0.116. The van der Waals surface area contributed by atoms with E-state index in [1.165, 1.54) is 0 Å². The van der Waals surface area contributed by atoms with Crippen molar-refractivity contribution in [3.8, 4) is 0 Å². The average Bonchev–Trinajstić information content (AvgIpc) is 2.64. The van der Waals surface area contributed by atoms with Gasteiger partial charge in [0.05, 0.1) is 12.6 Å². The van der Waals surface area contributed by atoms with Gasteiger partial charge in [-0.15, -0.1) is 0 Å². The van der Waals surface area contributed by atoms with Gasteiger partial charge in [0.15, 0.2) is 0 Å². The van der Waals surface area contributed by atoms with E-state index >= 15 is 0 Å². The third-order valence-corrected chi connectivity index (χ3v) is 2.86. The molecule has 0 aliphatic carbocycles. The molecule has 14 heavy (non-hydrogen) atoms. The molecule has 1 rings (SSSR count).